The molecule has 1 aliphatic heterocycles. The molecule has 6 nitrogen and oxygen atoms in total. The van der Waals surface area contributed by atoms with Crippen LogP contribution >= 0.6 is 0 Å². The van der Waals surface area contributed by atoms with Crippen LogP contribution in [0.5, 0.6) is 5.75 Å². The number of allylic oxidation sites excluding steroid dienone is 2. The summed E-state index contributed by atoms with van der Waals surface area (Å²) in [5.74, 6) is -0.742. The monoisotopic (exact) mass is 423 g/mol. The highest BCUT2D eigenvalue weighted by atomic mass is 19.1. The molecule has 0 fully saturated rings. The molecule has 160 valence electrons. The SMILES string of the molecule is COC(=O)C1=C(N)OC2=C(C(=O)CCC2)[C@@H]1c1ccc(OCc2ccccc2F)cc1. The van der Waals surface area contributed by atoms with E-state index < -0.39 is 11.9 Å². The highest BCUT2D eigenvalue weighted by Gasteiger charge is 2.41. The minimum absolute atomic E-state index is 0.0508. The first-order chi connectivity index (χ1) is 15.0. The van der Waals surface area contributed by atoms with E-state index in [4.69, 9.17) is 19.9 Å². The summed E-state index contributed by atoms with van der Waals surface area (Å²) in [6, 6.07) is 13.3. The number of Topliss-reactive ketones (excluding diaryl/α,β-unsaturated/α-hetero) is 1. The van der Waals surface area contributed by atoms with E-state index >= 15 is 0 Å². The van der Waals surface area contributed by atoms with E-state index in [2.05, 4.69) is 0 Å². The van der Waals surface area contributed by atoms with Crippen LogP contribution in [0.3, 0.4) is 0 Å². The predicted octanol–water partition coefficient (Wildman–Crippen LogP) is 3.87. The summed E-state index contributed by atoms with van der Waals surface area (Å²) >= 11 is 0. The molecule has 0 aromatic heterocycles. The molecule has 0 bridgehead atoms. The topological polar surface area (TPSA) is 87.9 Å². The van der Waals surface area contributed by atoms with Crippen LogP contribution in [0, 0.1) is 5.82 Å². The molecule has 31 heavy (non-hydrogen) atoms. The molecule has 2 aromatic carbocycles. The number of nitrogens with two attached hydrogens (primary N) is 1. The maximum atomic E-state index is 13.8. The van der Waals surface area contributed by atoms with Crippen LogP contribution in [0.1, 0.15) is 36.3 Å². The number of halogens is 1. The first-order valence-corrected chi connectivity index (χ1v) is 9.97. The van der Waals surface area contributed by atoms with E-state index in [0.717, 1.165) is 0 Å². The molecule has 0 saturated heterocycles. The number of hydrogen-bond acceptors (Lipinski definition) is 6. The molecule has 1 heterocycles. The molecular weight excluding hydrogens is 401 g/mol. The second kappa shape index (κ2) is 8.63. The highest BCUT2D eigenvalue weighted by Crippen LogP contribution is 2.44. The van der Waals surface area contributed by atoms with Crippen molar-refractivity contribution in [2.45, 2.75) is 31.8 Å². The van der Waals surface area contributed by atoms with Crippen molar-refractivity contribution in [3.05, 3.63) is 88.3 Å². The Hall–Kier alpha value is -3.61. The number of hydrogen-bond donors (Lipinski definition) is 1. The van der Waals surface area contributed by atoms with Crippen molar-refractivity contribution in [1.29, 1.82) is 0 Å². The van der Waals surface area contributed by atoms with Gasteiger partial charge in [0, 0.05) is 24.0 Å². The quantitative estimate of drug-likeness (QED) is 0.735. The number of ketones is 1. The van der Waals surface area contributed by atoms with E-state index in [1.165, 1.54) is 13.2 Å². The lowest BCUT2D eigenvalue weighted by Crippen LogP contribution is -2.31. The molecule has 1 aliphatic carbocycles. The van der Waals surface area contributed by atoms with Crippen LogP contribution in [0.4, 0.5) is 4.39 Å². The van der Waals surface area contributed by atoms with Gasteiger partial charge in [0.1, 0.15) is 29.5 Å². The fourth-order valence-electron chi connectivity index (χ4n) is 3.93. The van der Waals surface area contributed by atoms with Crippen LogP contribution in [0.25, 0.3) is 0 Å². The molecule has 0 unspecified atom stereocenters. The Labute approximate surface area is 179 Å². The van der Waals surface area contributed by atoms with Crippen molar-refractivity contribution in [2.24, 2.45) is 5.73 Å². The first-order valence-electron chi connectivity index (χ1n) is 9.97. The molecule has 0 radical (unpaired) electrons. The van der Waals surface area contributed by atoms with E-state index in [-0.39, 0.29) is 29.7 Å². The van der Waals surface area contributed by atoms with Gasteiger partial charge in [-0.1, -0.05) is 30.3 Å². The minimum atomic E-state index is -0.676. The molecule has 0 saturated carbocycles. The average Bonchev–Trinajstić information content (AvgIpc) is 2.78. The van der Waals surface area contributed by atoms with Crippen molar-refractivity contribution >= 4 is 11.8 Å². The lowest BCUT2D eigenvalue weighted by Gasteiger charge is -2.32. The normalized spacial score (nSPS) is 18.4. The molecule has 2 aromatic rings. The van der Waals surface area contributed by atoms with Crippen molar-refractivity contribution < 1.29 is 28.2 Å². The average molecular weight is 423 g/mol. The maximum Gasteiger partial charge on any atom is 0.340 e. The third-order valence-corrected chi connectivity index (χ3v) is 5.46. The van der Waals surface area contributed by atoms with Gasteiger partial charge in [-0.15, -0.1) is 0 Å². The molecule has 2 aliphatic rings. The van der Waals surface area contributed by atoms with Gasteiger partial charge in [0.2, 0.25) is 5.88 Å². The number of carbonyl (C=O) groups is 2. The molecule has 0 spiro atoms. The number of benzene rings is 2. The van der Waals surface area contributed by atoms with Gasteiger partial charge in [-0.05, 0) is 30.2 Å². The number of ether oxygens (including phenoxy) is 3. The zero-order valence-corrected chi connectivity index (χ0v) is 17.0. The largest absolute Gasteiger partial charge is 0.489 e. The van der Waals surface area contributed by atoms with Crippen LogP contribution in [0.2, 0.25) is 0 Å². The zero-order valence-electron chi connectivity index (χ0n) is 17.0. The van der Waals surface area contributed by atoms with Crippen molar-refractivity contribution in [3.63, 3.8) is 0 Å². The Bertz CT molecular complexity index is 1090. The van der Waals surface area contributed by atoms with Gasteiger partial charge in [0.25, 0.3) is 0 Å². The number of rotatable bonds is 5. The third kappa shape index (κ3) is 4.03. The fraction of sp³-hybridized carbons (Fsp3) is 0.250. The lowest BCUT2D eigenvalue weighted by molar-refractivity contribution is -0.136. The Kier molecular flexibility index (Phi) is 5.75. The van der Waals surface area contributed by atoms with Gasteiger partial charge in [-0.2, -0.15) is 0 Å². The van der Waals surface area contributed by atoms with Crippen molar-refractivity contribution in [1.82, 2.24) is 0 Å². The standard InChI is InChI=1S/C24H22FNO5/c1-29-24(28)22-20(21-18(27)7-4-8-19(21)31-23(22)26)14-9-11-16(12-10-14)30-13-15-5-2-3-6-17(15)25/h2-3,5-6,9-12,20H,4,7-8,13,26H2,1H3/t20-/m0/s1. The molecule has 2 N–H and O–H groups in total. The number of esters is 1. The van der Waals surface area contributed by atoms with Crippen molar-refractivity contribution in [2.75, 3.05) is 7.11 Å². The van der Waals surface area contributed by atoms with E-state index in [1.54, 1.807) is 42.5 Å². The molecular formula is C24H22FNO5. The second-order valence-electron chi connectivity index (χ2n) is 7.37. The Morgan fingerprint density at radius 2 is 1.90 bits per heavy atom. The van der Waals surface area contributed by atoms with Gasteiger partial charge >= 0.3 is 5.97 Å². The van der Waals surface area contributed by atoms with Crippen LogP contribution in [-0.2, 0) is 25.7 Å². The van der Waals surface area contributed by atoms with Crippen LogP contribution in [0.15, 0.2) is 71.3 Å². The van der Waals surface area contributed by atoms with Gasteiger partial charge in [0.05, 0.1) is 13.0 Å². The van der Waals surface area contributed by atoms with Crippen LogP contribution in [-0.4, -0.2) is 18.9 Å². The molecule has 7 heteroatoms. The summed E-state index contributed by atoms with van der Waals surface area (Å²) in [6.45, 7) is 0.0807. The first kappa shape index (κ1) is 20.7. The van der Waals surface area contributed by atoms with Gasteiger partial charge in [-0.3, -0.25) is 4.79 Å². The number of methoxy groups -OCH3 is 1. The summed E-state index contributed by atoms with van der Waals surface area (Å²) in [4.78, 5) is 25.2. The molecule has 4 rings (SSSR count). The maximum absolute atomic E-state index is 13.8. The van der Waals surface area contributed by atoms with Gasteiger partial charge in [-0.25, -0.2) is 9.18 Å². The van der Waals surface area contributed by atoms with E-state index in [0.29, 0.717) is 47.5 Å². The smallest absolute Gasteiger partial charge is 0.340 e. The zero-order chi connectivity index (χ0) is 22.0. The molecule has 1 atom stereocenters. The van der Waals surface area contributed by atoms with E-state index in [1.807, 2.05) is 0 Å². The fourth-order valence-corrected chi connectivity index (χ4v) is 3.93. The Morgan fingerprint density at radius 3 is 2.61 bits per heavy atom. The summed E-state index contributed by atoms with van der Waals surface area (Å²) in [5.41, 5.74) is 7.73. The summed E-state index contributed by atoms with van der Waals surface area (Å²) < 4.78 is 30.0. The van der Waals surface area contributed by atoms with Gasteiger partial charge < -0.3 is 19.9 Å². The molecule has 0 amide bonds. The Morgan fingerprint density at radius 1 is 1.16 bits per heavy atom. The summed E-state index contributed by atoms with van der Waals surface area (Å²) in [5, 5.41) is 0. The predicted molar refractivity (Wildman–Crippen MR) is 110 cm³/mol. The van der Waals surface area contributed by atoms with Crippen LogP contribution < -0.4 is 10.5 Å². The van der Waals surface area contributed by atoms with Gasteiger partial charge in [0.15, 0.2) is 5.78 Å². The van der Waals surface area contributed by atoms with E-state index in [9.17, 15) is 14.0 Å². The highest BCUT2D eigenvalue weighted by molar-refractivity contribution is 6.03. The lowest BCUT2D eigenvalue weighted by atomic mass is 9.77. The summed E-state index contributed by atoms with van der Waals surface area (Å²) in [6.07, 6.45) is 1.64. The third-order valence-electron chi connectivity index (χ3n) is 5.46. The summed E-state index contributed by atoms with van der Waals surface area (Å²) in [7, 11) is 1.26. The van der Waals surface area contributed by atoms with Crippen molar-refractivity contribution in [3.8, 4) is 5.75 Å². The second-order valence-corrected chi connectivity index (χ2v) is 7.37. The minimum Gasteiger partial charge on any atom is -0.489 e. The number of carbonyl (C=O) groups excluding carboxylic acids is 2. The Balaban J connectivity index is 1.64.